The van der Waals surface area contributed by atoms with Crippen molar-refractivity contribution in [3.63, 3.8) is 0 Å². The lowest BCUT2D eigenvalue weighted by Crippen LogP contribution is -1.83. The second kappa shape index (κ2) is 4.00. The fourth-order valence-corrected chi connectivity index (χ4v) is 1.12. The fourth-order valence-electron chi connectivity index (χ4n) is 0.892. The molecule has 0 aliphatic rings. The maximum atomic E-state index is 8.33. The molecule has 11 heavy (non-hydrogen) atoms. The van der Waals surface area contributed by atoms with Crippen molar-refractivity contribution < 1.29 is 0 Å². The second-order valence-corrected chi connectivity index (χ2v) is 2.66. The summed E-state index contributed by atoms with van der Waals surface area (Å²) in [7, 11) is 0. The zero-order valence-electron chi connectivity index (χ0n) is 6.05. The molecule has 0 N–H and O–H groups in total. The van der Waals surface area contributed by atoms with Crippen molar-refractivity contribution in [2.45, 2.75) is 12.8 Å². The van der Waals surface area contributed by atoms with E-state index in [0.29, 0.717) is 6.42 Å². The van der Waals surface area contributed by atoms with Crippen LogP contribution in [0, 0.1) is 11.3 Å². The molecule has 0 atom stereocenters. The summed E-state index contributed by atoms with van der Waals surface area (Å²) in [6.07, 6.45) is 1.28. The molecule has 0 amide bonds. The van der Waals surface area contributed by atoms with Crippen LogP contribution in [0.2, 0.25) is 5.02 Å². The Hall–Kier alpha value is -1.00. The minimum atomic E-state index is 0.531. The van der Waals surface area contributed by atoms with Crippen LogP contribution in [0.4, 0.5) is 0 Å². The van der Waals surface area contributed by atoms with E-state index in [1.165, 1.54) is 0 Å². The summed E-state index contributed by atoms with van der Waals surface area (Å²) < 4.78 is 0. The highest BCUT2D eigenvalue weighted by molar-refractivity contribution is 6.31. The third-order valence-electron chi connectivity index (χ3n) is 1.46. The summed E-state index contributed by atoms with van der Waals surface area (Å²) in [4.78, 5) is 0. The van der Waals surface area contributed by atoms with Crippen LogP contribution < -0.4 is 0 Å². The van der Waals surface area contributed by atoms with Crippen molar-refractivity contribution in [1.29, 1.82) is 5.26 Å². The van der Waals surface area contributed by atoms with E-state index in [9.17, 15) is 0 Å². The van der Waals surface area contributed by atoms with Gasteiger partial charge in [-0.3, -0.25) is 0 Å². The molecule has 0 spiro atoms. The van der Waals surface area contributed by atoms with Crippen LogP contribution in [0.15, 0.2) is 24.3 Å². The van der Waals surface area contributed by atoms with Gasteiger partial charge in [0.15, 0.2) is 0 Å². The Morgan fingerprint density at radius 3 is 2.73 bits per heavy atom. The lowest BCUT2D eigenvalue weighted by atomic mass is 10.1. The van der Waals surface area contributed by atoms with Crippen molar-refractivity contribution in [2.75, 3.05) is 0 Å². The van der Waals surface area contributed by atoms with Crippen molar-refractivity contribution >= 4 is 11.6 Å². The molecular formula is C9H8ClN. The summed E-state index contributed by atoms with van der Waals surface area (Å²) in [6.45, 7) is 0. The molecule has 0 aliphatic heterocycles. The SMILES string of the molecule is N#CCCc1ccccc1Cl. The standard InChI is InChI=1S/C9H8ClN/c10-9-6-2-1-4-8(9)5-3-7-11/h1-2,4,6H,3,5H2. The van der Waals surface area contributed by atoms with Gasteiger partial charge in [-0.2, -0.15) is 5.26 Å². The third-order valence-corrected chi connectivity index (χ3v) is 1.83. The van der Waals surface area contributed by atoms with E-state index in [0.717, 1.165) is 17.0 Å². The molecule has 0 aliphatic carbocycles. The largest absolute Gasteiger partial charge is 0.198 e. The highest BCUT2D eigenvalue weighted by Gasteiger charge is 1.96. The molecule has 0 saturated carbocycles. The average Bonchev–Trinajstić information content (AvgIpc) is 2.03. The maximum absolute atomic E-state index is 8.33. The Labute approximate surface area is 71.2 Å². The predicted molar refractivity (Wildman–Crippen MR) is 45.4 cm³/mol. The topological polar surface area (TPSA) is 23.8 Å². The Morgan fingerprint density at radius 1 is 1.36 bits per heavy atom. The first-order chi connectivity index (χ1) is 5.34. The first kappa shape index (κ1) is 8.10. The molecule has 0 aromatic heterocycles. The van der Waals surface area contributed by atoms with Gasteiger partial charge in [-0.15, -0.1) is 0 Å². The van der Waals surface area contributed by atoms with Gasteiger partial charge in [0.05, 0.1) is 6.07 Å². The molecule has 2 heteroatoms. The van der Waals surface area contributed by atoms with Gasteiger partial charge in [-0.1, -0.05) is 29.8 Å². The predicted octanol–water partition coefficient (Wildman–Crippen LogP) is 2.80. The number of hydrogen-bond acceptors (Lipinski definition) is 1. The van der Waals surface area contributed by atoms with Crippen molar-refractivity contribution in [1.82, 2.24) is 0 Å². The van der Waals surface area contributed by atoms with Crippen LogP contribution in [0.1, 0.15) is 12.0 Å². The number of nitriles is 1. The molecule has 0 unspecified atom stereocenters. The highest BCUT2D eigenvalue weighted by Crippen LogP contribution is 2.15. The monoisotopic (exact) mass is 165 g/mol. The van der Waals surface area contributed by atoms with E-state index in [2.05, 4.69) is 6.07 Å². The fraction of sp³-hybridized carbons (Fsp3) is 0.222. The van der Waals surface area contributed by atoms with Gasteiger partial charge < -0.3 is 0 Å². The Balaban J connectivity index is 2.71. The zero-order valence-corrected chi connectivity index (χ0v) is 6.80. The van der Waals surface area contributed by atoms with Gasteiger partial charge >= 0.3 is 0 Å². The van der Waals surface area contributed by atoms with E-state index < -0.39 is 0 Å². The van der Waals surface area contributed by atoms with Crippen LogP contribution in [-0.4, -0.2) is 0 Å². The Kier molecular flexibility index (Phi) is 2.95. The molecule has 0 heterocycles. The molecule has 56 valence electrons. The minimum absolute atomic E-state index is 0.531. The number of aryl methyl sites for hydroxylation is 1. The molecular weight excluding hydrogens is 158 g/mol. The first-order valence-electron chi connectivity index (χ1n) is 3.45. The van der Waals surface area contributed by atoms with Crippen LogP contribution in [0.5, 0.6) is 0 Å². The van der Waals surface area contributed by atoms with Crippen molar-refractivity contribution in [3.8, 4) is 6.07 Å². The quantitative estimate of drug-likeness (QED) is 0.661. The first-order valence-corrected chi connectivity index (χ1v) is 3.83. The number of hydrogen-bond donors (Lipinski definition) is 0. The lowest BCUT2D eigenvalue weighted by Gasteiger charge is -1.98. The normalized spacial score (nSPS) is 9.09. The van der Waals surface area contributed by atoms with Gasteiger partial charge in [0.25, 0.3) is 0 Å². The van der Waals surface area contributed by atoms with Gasteiger partial charge in [0.1, 0.15) is 0 Å². The third kappa shape index (κ3) is 2.25. The summed E-state index contributed by atoms with van der Waals surface area (Å²) in [5.74, 6) is 0. The van der Waals surface area contributed by atoms with E-state index in [4.69, 9.17) is 16.9 Å². The molecule has 0 radical (unpaired) electrons. The van der Waals surface area contributed by atoms with Crippen molar-refractivity contribution in [3.05, 3.63) is 34.9 Å². The molecule has 0 bridgehead atoms. The summed E-state index contributed by atoms with van der Waals surface area (Å²) in [6, 6.07) is 9.69. The number of halogens is 1. The summed E-state index contributed by atoms with van der Waals surface area (Å²) in [5, 5.41) is 9.08. The maximum Gasteiger partial charge on any atom is 0.0625 e. The molecule has 1 rings (SSSR count). The van der Waals surface area contributed by atoms with Crippen LogP contribution in [-0.2, 0) is 6.42 Å². The van der Waals surface area contributed by atoms with Gasteiger partial charge in [0.2, 0.25) is 0 Å². The van der Waals surface area contributed by atoms with Crippen molar-refractivity contribution in [2.24, 2.45) is 0 Å². The van der Waals surface area contributed by atoms with E-state index in [-0.39, 0.29) is 0 Å². The average molecular weight is 166 g/mol. The number of nitrogens with zero attached hydrogens (tertiary/aromatic N) is 1. The van der Waals surface area contributed by atoms with E-state index in [1.807, 2.05) is 24.3 Å². The molecule has 1 nitrogen and oxygen atoms in total. The van der Waals surface area contributed by atoms with Gasteiger partial charge in [-0.05, 0) is 18.1 Å². The molecule has 0 fully saturated rings. The minimum Gasteiger partial charge on any atom is -0.198 e. The van der Waals surface area contributed by atoms with Gasteiger partial charge in [0, 0.05) is 11.4 Å². The number of benzene rings is 1. The summed E-state index contributed by atoms with van der Waals surface area (Å²) >= 11 is 5.85. The van der Waals surface area contributed by atoms with Crippen LogP contribution >= 0.6 is 11.6 Å². The van der Waals surface area contributed by atoms with E-state index in [1.54, 1.807) is 0 Å². The van der Waals surface area contributed by atoms with Gasteiger partial charge in [-0.25, -0.2) is 0 Å². The highest BCUT2D eigenvalue weighted by atomic mass is 35.5. The second-order valence-electron chi connectivity index (χ2n) is 2.25. The van der Waals surface area contributed by atoms with E-state index >= 15 is 0 Å². The molecule has 1 aromatic carbocycles. The smallest absolute Gasteiger partial charge is 0.0625 e. The zero-order chi connectivity index (χ0) is 8.10. The summed E-state index contributed by atoms with van der Waals surface area (Å²) in [5.41, 5.74) is 1.05. The number of rotatable bonds is 2. The van der Waals surface area contributed by atoms with Crippen LogP contribution in [0.3, 0.4) is 0 Å². The lowest BCUT2D eigenvalue weighted by molar-refractivity contribution is 1.01. The Morgan fingerprint density at radius 2 is 2.09 bits per heavy atom. The molecule has 0 saturated heterocycles. The Bertz CT molecular complexity index is 275. The molecule has 1 aromatic rings. The van der Waals surface area contributed by atoms with Crippen LogP contribution in [0.25, 0.3) is 0 Å².